The molecule has 0 saturated carbocycles. The van der Waals surface area contributed by atoms with E-state index < -0.39 is 0 Å². The normalized spacial score (nSPS) is 16.1. The molecule has 1 aromatic heterocycles. The van der Waals surface area contributed by atoms with Crippen LogP contribution in [0.5, 0.6) is 0 Å². The zero-order chi connectivity index (χ0) is 27.9. The molecule has 11 heteroatoms. The average Bonchev–Trinajstić information content (AvgIpc) is 3.44. The van der Waals surface area contributed by atoms with Gasteiger partial charge in [0.15, 0.2) is 5.13 Å². The molecule has 2 fully saturated rings. The molecule has 9 nitrogen and oxygen atoms in total. The van der Waals surface area contributed by atoms with Gasteiger partial charge in [-0.2, -0.15) is 0 Å². The van der Waals surface area contributed by atoms with E-state index in [-0.39, 0.29) is 17.7 Å². The minimum atomic E-state index is -0.171. The van der Waals surface area contributed by atoms with Gasteiger partial charge in [0.1, 0.15) is 0 Å². The van der Waals surface area contributed by atoms with Crippen molar-refractivity contribution < 1.29 is 14.4 Å². The fourth-order valence-electron chi connectivity index (χ4n) is 4.80. The van der Waals surface area contributed by atoms with Crippen molar-refractivity contribution in [2.45, 2.75) is 23.4 Å². The number of hydrogen-bond donors (Lipinski definition) is 2. The highest BCUT2D eigenvalue weighted by Crippen LogP contribution is 2.31. The van der Waals surface area contributed by atoms with Gasteiger partial charge >= 0.3 is 0 Å². The Balaban J connectivity index is 1.10. The van der Waals surface area contributed by atoms with E-state index in [9.17, 15) is 14.4 Å². The lowest BCUT2D eigenvalue weighted by atomic mass is 10.1. The summed E-state index contributed by atoms with van der Waals surface area (Å²) in [5, 5.41) is 6.83. The van der Waals surface area contributed by atoms with Crippen LogP contribution in [0.25, 0.3) is 0 Å². The predicted octanol–water partition coefficient (Wildman–Crippen LogP) is 3.40. The summed E-state index contributed by atoms with van der Waals surface area (Å²) in [5.74, 6) is 0.556. The fourth-order valence-corrected chi connectivity index (χ4v) is 6.61. The summed E-state index contributed by atoms with van der Waals surface area (Å²) in [5.41, 5.74) is 3.51. The van der Waals surface area contributed by atoms with Crippen LogP contribution < -0.4 is 10.6 Å². The van der Waals surface area contributed by atoms with Crippen LogP contribution >= 0.6 is 23.1 Å². The maximum absolute atomic E-state index is 13.0. The van der Waals surface area contributed by atoms with E-state index in [0.29, 0.717) is 48.2 Å². The van der Waals surface area contributed by atoms with Gasteiger partial charge in [-0.25, -0.2) is 4.98 Å². The van der Waals surface area contributed by atoms with E-state index >= 15 is 0 Å². The quantitative estimate of drug-likeness (QED) is 0.396. The lowest BCUT2D eigenvalue weighted by molar-refractivity contribution is -0.130. The zero-order valence-electron chi connectivity index (χ0n) is 22.6. The van der Waals surface area contributed by atoms with Gasteiger partial charge < -0.3 is 15.1 Å². The summed E-state index contributed by atoms with van der Waals surface area (Å²) in [6, 6.07) is 15.5. The van der Waals surface area contributed by atoms with Gasteiger partial charge in [0.05, 0.1) is 10.4 Å². The van der Waals surface area contributed by atoms with Crippen LogP contribution in [0.2, 0.25) is 0 Å². The van der Waals surface area contributed by atoms with Crippen molar-refractivity contribution in [1.29, 1.82) is 0 Å². The van der Waals surface area contributed by atoms with Crippen LogP contribution in [0.3, 0.4) is 0 Å². The van der Waals surface area contributed by atoms with Gasteiger partial charge in [-0.05, 0) is 35.4 Å². The van der Waals surface area contributed by atoms with Crippen LogP contribution in [0.1, 0.15) is 38.8 Å². The Morgan fingerprint density at radius 3 is 2.38 bits per heavy atom. The second kappa shape index (κ2) is 13.4. The number of hydrogen-bond acceptors (Lipinski definition) is 8. The molecule has 0 unspecified atom stereocenters. The largest absolute Gasteiger partial charge is 0.339 e. The van der Waals surface area contributed by atoms with Crippen molar-refractivity contribution >= 4 is 46.0 Å². The van der Waals surface area contributed by atoms with E-state index in [4.69, 9.17) is 0 Å². The number of piperazine rings is 2. The van der Waals surface area contributed by atoms with Crippen molar-refractivity contribution in [3.63, 3.8) is 0 Å². The lowest BCUT2D eigenvalue weighted by Crippen LogP contribution is -2.50. The minimum absolute atomic E-state index is 0.00494. The number of carbonyl (C=O) groups is 3. The molecule has 2 aromatic carbocycles. The van der Waals surface area contributed by atoms with Crippen molar-refractivity contribution in [3.8, 4) is 0 Å². The van der Waals surface area contributed by atoms with E-state index in [1.165, 1.54) is 16.9 Å². The van der Waals surface area contributed by atoms with Gasteiger partial charge in [-0.1, -0.05) is 35.6 Å². The van der Waals surface area contributed by atoms with Crippen molar-refractivity contribution in [2.24, 2.45) is 0 Å². The molecule has 3 aromatic rings. The highest BCUT2D eigenvalue weighted by atomic mass is 32.2. The predicted molar refractivity (Wildman–Crippen MR) is 159 cm³/mol. The smallest absolute Gasteiger partial charge is 0.257 e. The van der Waals surface area contributed by atoms with E-state index in [2.05, 4.69) is 20.5 Å². The first-order chi connectivity index (χ1) is 19.4. The molecule has 0 aliphatic carbocycles. The van der Waals surface area contributed by atoms with Crippen LogP contribution in [0, 0.1) is 0 Å². The van der Waals surface area contributed by atoms with Gasteiger partial charge in [0, 0.05) is 82.7 Å². The fraction of sp³-hybridized carbons (Fsp3) is 0.379. The number of amides is 3. The van der Waals surface area contributed by atoms with Crippen LogP contribution in [0.15, 0.2) is 58.9 Å². The Kier molecular flexibility index (Phi) is 9.48. The summed E-state index contributed by atoms with van der Waals surface area (Å²) in [6.45, 7) is 8.81. The van der Waals surface area contributed by atoms with E-state index in [0.717, 1.165) is 42.5 Å². The van der Waals surface area contributed by atoms with Crippen LogP contribution in [0.4, 0.5) is 5.13 Å². The molecule has 2 aliphatic heterocycles. The Bertz CT molecular complexity index is 1330. The number of thiazole rings is 1. The third-order valence-electron chi connectivity index (χ3n) is 7.10. The Morgan fingerprint density at radius 1 is 0.925 bits per heavy atom. The molecule has 2 aliphatic rings. The van der Waals surface area contributed by atoms with Crippen LogP contribution in [-0.2, 0) is 17.1 Å². The SMILES string of the molecule is CC(=O)N1CCN(C(=O)c2cccc(CSc3cnc(NC(=O)c4ccc(CN5CCNCC5)cc4)s3)c2)CC1. The van der Waals surface area contributed by atoms with E-state index in [1.54, 1.807) is 29.8 Å². The number of rotatable bonds is 8. The minimum Gasteiger partial charge on any atom is -0.339 e. The third kappa shape index (κ3) is 7.48. The van der Waals surface area contributed by atoms with Crippen molar-refractivity contribution in [2.75, 3.05) is 57.7 Å². The molecule has 0 spiro atoms. The molecule has 2 saturated heterocycles. The Hall–Kier alpha value is -3.25. The molecular formula is C29H34N6O3S2. The Labute approximate surface area is 242 Å². The summed E-state index contributed by atoms with van der Waals surface area (Å²) in [7, 11) is 0. The molecule has 3 amide bonds. The van der Waals surface area contributed by atoms with Crippen molar-refractivity contribution in [3.05, 3.63) is 77.0 Å². The number of carbonyl (C=O) groups excluding carboxylic acids is 3. The topological polar surface area (TPSA) is 97.9 Å². The van der Waals surface area contributed by atoms with Gasteiger partial charge in [-0.3, -0.25) is 24.6 Å². The molecule has 0 bridgehead atoms. The second-order valence-electron chi connectivity index (χ2n) is 9.95. The van der Waals surface area contributed by atoms with Crippen molar-refractivity contribution in [1.82, 2.24) is 25.0 Å². The summed E-state index contributed by atoms with van der Waals surface area (Å²) in [6.07, 6.45) is 1.77. The lowest BCUT2D eigenvalue weighted by Gasteiger charge is -2.34. The molecule has 3 heterocycles. The number of benzene rings is 2. The number of nitrogens with one attached hydrogen (secondary N) is 2. The monoisotopic (exact) mass is 578 g/mol. The highest BCUT2D eigenvalue weighted by molar-refractivity contribution is 8.00. The molecule has 210 valence electrons. The Morgan fingerprint density at radius 2 is 1.65 bits per heavy atom. The number of aromatic nitrogens is 1. The molecule has 0 radical (unpaired) electrons. The molecule has 0 atom stereocenters. The summed E-state index contributed by atoms with van der Waals surface area (Å²) >= 11 is 3.06. The van der Waals surface area contributed by atoms with Gasteiger partial charge in [-0.15, -0.1) is 11.8 Å². The van der Waals surface area contributed by atoms with Gasteiger partial charge in [0.25, 0.3) is 11.8 Å². The zero-order valence-corrected chi connectivity index (χ0v) is 24.2. The highest BCUT2D eigenvalue weighted by Gasteiger charge is 2.23. The summed E-state index contributed by atoms with van der Waals surface area (Å²) < 4.78 is 0.985. The molecule has 40 heavy (non-hydrogen) atoms. The third-order valence-corrected chi connectivity index (χ3v) is 9.28. The summed E-state index contributed by atoms with van der Waals surface area (Å²) in [4.78, 5) is 47.7. The standard InChI is InChI=1S/C29H34N6O3S2/c1-21(36)34-13-15-35(16-14-34)28(38)25-4-2-3-23(17-25)20-39-26-18-31-29(40-26)32-27(37)24-7-5-22(6-8-24)19-33-11-9-30-10-12-33/h2-8,17-18,30H,9-16,19-20H2,1H3,(H,31,32,37). The first kappa shape index (κ1) is 28.3. The first-order valence-corrected chi connectivity index (χ1v) is 15.3. The number of nitrogens with zero attached hydrogens (tertiary/aromatic N) is 4. The molecular weight excluding hydrogens is 544 g/mol. The van der Waals surface area contributed by atoms with E-state index in [1.807, 2.05) is 53.4 Å². The maximum Gasteiger partial charge on any atom is 0.257 e. The molecule has 2 N–H and O–H groups in total. The maximum atomic E-state index is 13.0. The molecule has 5 rings (SSSR count). The van der Waals surface area contributed by atoms with Crippen LogP contribution in [-0.4, -0.2) is 89.8 Å². The first-order valence-electron chi connectivity index (χ1n) is 13.5. The number of thioether (sulfide) groups is 1. The average molecular weight is 579 g/mol. The second-order valence-corrected chi connectivity index (χ2v) is 12.3. The van der Waals surface area contributed by atoms with Gasteiger partial charge in [0.2, 0.25) is 5.91 Å². The number of anilines is 1.